The third-order valence-electron chi connectivity index (χ3n) is 3.72. The first-order valence-corrected chi connectivity index (χ1v) is 9.64. The quantitative estimate of drug-likeness (QED) is 0.694. The Kier molecular flexibility index (Phi) is 4.84. The van der Waals surface area contributed by atoms with Gasteiger partial charge in [-0.2, -0.15) is 0 Å². The third kappa shape index (κ3) is 3.82. The number of carbonyl (C=O) groups excluding carboxylic acids is 3. The Labute approximate surface area is 161 Å². The smallest absolute Gasteiger partial charge is 0.414 e. The van der Waals surface area contributed by atoms with E-state index in [0.717, 1.165) is 10.2 Å². The van der Waals surface area contributed by atoms with Gasteiger partial charge in [-0.25, -0.2) is 9.78 Å². The van der Waals surface area contributed by atoms with Crippen LogP contribution in [0.2, 0.25) is 0 Å². The molecule has 3 aromatic rings. The molecule has 3 heterocycles. The highest BCUT2D eigenvalue weighted by Crippen LogP contribution is 2.26. The molecule has 8 nitrogen and oxygen atoms in total. The van der Waals surface area contributed by atoms with Gasteiger partial charge in [-0.15, -0.1) is 22.7 Å². The van der Waals surface area contributed by atoms with E-state index >= 15 is 0 Å². The molecule has 1 saturated heterocycles. The van der Waals surface area contributed by atoms with Crippen molar-refractivity contribution in [2.45, 2.75) is 6.10 Å². The summed E-state index contributed by atoms with van der Waals surface area (Å²) in [5.74, 6) is -1.07. The Morgan fingerprint density at radius 3 is 2.70 bits per heavy atom. The van der Waals surface area contributed by atoms with E-state index in [4.69, 9.17) is 9.47 Å². The maximum atomic E-state index is 12.5. The van der Waals surface area contributed by atoms with Crippen LogP contribution in [0.4, 0.5) is 9.80 Å². The van der Waals surface area contributed by atoms with Crippen LogP contribution in [0.5, 0.6) is 0 Å². The van der Waals surface area contributed by atoms with Crippen molar-refractivity contribution in [3.05, 3.63) is 46.3 Å². The minimum Gasteiger partial charge on any atom is -0.441 e. The topological polar surface area (TPSA) is 107 Å². The SMILES string of the molecule is O=C(NC(=O)c1ccsc1NC(=O)c1nc2ccccc2s1)OC1COC1. The van der Waals surface area contributed by atoms with Gasteiger partial charge in [0.1, 0.15) is 5.00 Å². The van der Waals surface area contributed by atoms with Crippen molar-refractivity contribution in [3.63, 3.8) is 0 Å². The fraction of sp³-hybridized carbons (Fsp3) is 0.176. The first-order valence-electron chi connectivity index (χ1n) is 7.94. The number of nitrogens with zero attached hydrogens (tertiary/aromatic N) is 1. The number of ether oxygens (including phenoxy) is 2. The Hall–Kier alpha value is -2.82. The molecular weight excluding hydrogens is 390 g/mol. The van der Waals surface area contributed by atoms with Gasteiger partial charge < -0.3 is 14.8 Å². The summed E-state index contributed by atoms with van der Waals surface area (Å²) in [6.45, 7) is 0.646. The van der Waals surface area contributed by atoms with Crippen LogP contribution in [-0.4, -0.2) is 42.2 Å². The predicted octanol–water partition coefficient (Wildman–Crippen LogP) is 2.88. The molecule has 1 aliphatic rings. The fourth-order valence-electron chi connectivity index (χ4n) is 2.33. The molecule has 1 aromatic carbocycles. The third-order valence-corrected chi connectivity index (χ3v) is 5.59. The number of hydrogen-bond donors (Lipinski definition) is 2. The Bertz CT molecular complexity index is 991. The minimum atomic E-state index is -0.844. The number of thiophene rings is 1. The molecule has 138 valence electrons. The van der Waals surface area contributed by atoms with Crippen LogP contribution in [-0.2, 0) is 9.47 Å². The Balaban J connectivity index is 1.43. The molecule has 27 heavy (non-hydrogen) atoms. The second-order valence-corrected chi connectivity index (χ2v) is 7.57. The number of hydrogen-bond acceptors (Lipinski definition) is 8. The number of imide groups is 1. The normalized spacial score (nSPS) is 13.8. The molecule has 4 rings (SSSR count). The molecule has 10 heteroatoms. The number of anilines is 1. The van der Waals surface area contributed by atoms with Gasteiger partial charge in [-0.1, -0.05) is 12.1 Å². The van der Waals surface area contributed by atoms with E-state index in [9.17, 15) is 14.4 Å². The summed E-state index contributed by atoms with van der Waals surface area (Å²) in [5, 5.41) is 7.09. The molecule has 0 unspecified atom stereocenters. The van der Waals surface area contributed by atoms with Crippen molar-refractivity contribution in [1.82, 2.24) is 10.3 Å². The van der Waals surface area contributed by atoms with Gasteiger partial charge in [0, 0.05) is 0 Å². The maximum absolute atomic E-state index is 12.5. The maximum Gasteiger partial charge on any atom is 0.414 e. The number of fused-ring (bicyclic) bond motifs is 1. The minimum absolute atomic E-state index is 0.177. The summed E-state index contributed by atoms with van der Waals surface area (Å²) < 4.78 is 10.8. The van der Waals surface area contributed by atoms with E-state index in [2.05, 4.69) is 15.6 Å². The van der Waals surface area contributed by atoms with Gasteiger partial charge >= 0.3 is 6.09 Å². The van der Waals surface area contributed by atoms with Gasteiger partial charge in [-0.05, 0) is 23.6 Å². The highest BCUT2D eigenvalue weighted by Gasteiger charge is 2.25. The number of rotatable bonds is 4. The van der Waals surface area contributed by atoms with Crippen LogP contribution in [0.3, 0.4) is 0 Å². The van der Waals surface area contributed by atoms with Gasteiger partial charge in [-0.3, -0.25) is 14.9 Å². The number of thiazole rings is 1. The molecule has 2 aromatic heterocycles. The number of carbonyl (C=O) groups is 3. The lowest BCUT2D eigenvalue weighted by atomic mass is 10.3. The van der Waals surface area contributed by atoms with E-state index in [1.54, 1.807) is 5.38 Å². The number of nitrogens with one attached hydrogen (secondary N) is 2. The summed E-state index contributed by atoms with van der Waals surface area (Å²) in [4.78, 5) is 40.8. The van der Waals surface area contributed by atoms with Crippen molar-refractivity contribution in [2.75, 3.05) is 18.5 Å². The van der Waals surface area contributed by atoms with Gasteiger partial charge in [0.25, 0.3) is 11.8 Å². The van der Waals surface area contributed by atoms with Crippen LogP contribution >= 0.6 is 22.7 Å². The van der Waals surface area contributed by atoms with Gasteiger partial charge in [0.15, 0.2) is 11.1 Å². The molecule has 3 amide bonds. The summed E-state index contributed by atoms with van der Waals surface area (Å²) in [7, 11) is 0. The summed E-state index contributed by atoms with van der Waals surface area (Å²) in [5.41, 5.74) is 0.913. The van der Waals surface area contributed by atoms with Gasteiger partial charge in [0.2, 0.25) is 0 Å². The first kappa shape index (κ1) is 17.6. The number of aromatic nitrogens is 1. The van der Waals surface area contributed by atoms with E-state index < -0.39 is 17.9 Å². The lowest BCUT2D eigenvalue weighted by Gasteiger charge is -2.25. The molecule has 2 N–H and O–H groups in total. The van der Waals surface area contributed by atoms with Crippen LogP contribution < -0.4 is 10.6 Å². The summed E-state index contributed by atoms with van der Waals surface area (Å²) in [6, 6.07) is 8.95. The Morgan fingerprint density at radius 1 is 1.15 bits per heavy atom. The van der Waals surface area contributed by atoms with Crippen molar-refractivity contribution in [3.8, 4) is 0 Å². The molecule has 0 saturated carbocycles. The summed E-state index contributed by atoms with van der Waals surface area (Å²) >= 11 is 2.44. The average Bonchev–Trinajstić information content (AvgIpc) is 3.24. The lowest BCUT2D eigenvalue weighted by molar-refractivity contribution is -0.0974. The van der Waals surface area contributed by atoms with Crippen molar-refractivity contribution in [2.24, 2.45) is 0 Å². The van der Waals surface area contributed by atoms with Crippen molar-refractivity contribution < 1.29 is 23.9 Å². The zero-order valence-electron chi connectivity index (χ0n) is 13.8. The first-order chi connectivity index (χ1) is 13.1. The van der Waals surface area contributed by atoms with Crippen LogP contribution in [0.25, 0.3) is 10.2 Å². The highest BCUT2D eigenvalue weighted by molar-refractivity contribution is 7.20. The molecule has 0 bridgehead atoms. The van der Waals surface area contributed by atoms with Crippen molar-refractivity contribution in [1.29, 1.82) is 0 Å². The number of amides is 3. The standard InChI is InChI=1S/C17H13N3O5S2/c21-13(20-17(23)25-9-7-24-8-9)10-5-6-26-15(10)19-14(22)16-18-11-3-1-2-4-12(11)27-16/h1-6,9H,7-8H2,(H,19,22)(H,20,21,23). The number of benzene rings is 1. The Morgan fingerprint density at radius 2 is 1.96 bits per heavy atom. The fourth-order valence-corrected chi connectivity index (χ4v) is 3.97. The molecule has 1 aliphatic heterocycles. The van der Waals surface area contributed by atoms with Crippen LogP contribution in [0.15, 0.2) is 35.7 Å². The van der Waals surface area contributed by atoms with E-state index in [-0.39, 0.29) is 11.7 Å². The summed E-state index contributed by atoms with van der Waals surface area (Å²) in [6.07, 6.45) is -1.18. The molecule has 0 aliphatic carbocycles. The molecule has 0 spiro atoms. The zero-order chi connectivity index (χ0) is 18.8. The average molecular weight is 403 g/mol. The molecule has 1 fully saturated rings. The van der Waals surface area contributed by atoms with E-state index in [1.807, 2.05) is 24.3 Å². The number of alkyl carbamates (subject to hydrolysis) is 1. The second-order valence-electron chi connectivity index (χ2n) is 5.62. The van der Waals surface area contributed by atoms with Crippen molar-refractivity contribution >= 4 is 55.8 Å². The largest absolute Gasteiger partial charge is 0.441 e. The van der Waals surface area contributed by atoms with Gasteiger partial charge in [0.05, 0.1) is 29.0 Å². The molecular formula is C17H13N3O5S2. The lowest BCUT2D eigenvalue weighted by Crippen LogP contribution is -2.42. The number of para-hydroxylation sites is 1. The van der Waals surface area contributed by atoms with Crippen LogP contribution in [0, 0.1) is 0 Å². The molecule has 0 radical (unpaired) electrons. The highest BCUT2D eigenvalue weighted by atomic mass is 32.1. The zero-order valence-corrected chi connectivity index (χ0v) is 15.4. The van der Waals surface area contributed by atoms with E-state index in [1.165, 1.54) is 28.7 Å². The van der Waals surface area contributed by atoms with E-state index in [0.29, 0.717) is 23.2 Å². The predicted molar refractivity (Wildman–Crippen MR) is 100 cm³/mol. The van der Waals surface area contributed by atoms with Crippen LogP contribution in [0.1, 0.15) is 20.2 Å². The second kappa shape index (κ2) is 7.43. The monoisotopic (exact) mass is 403 g/mol. The molecule has 0 atom stereocenters.